The molecule has 0 radical (unpaired) electrons. The number of anilines is 1. The minimum Gasteiger partial charge on any atom is -0.476 e. The molecule has 0 bridgehead atoms. The highest BCUT2D eigenvalue weighted by molar-refractivity contribution is 5.88. The fourth-order valence-corrected chi connectivity index (χ4v) is 2.07. The molecule has 0 aliphatic carbocycles. The van der Waals surface area contributed by atoms with Gasteiger partial charge in [0.05, 0.1) is 5.69 Å². The van der Waals surface area contributed by atoms with Gasteiger partial charge in [0.2, 0.25) is 0 Å². The van der Waals surface area contributed by atoms with Crippen molar-refractivity contribution in [2.45, 2.75) is 6.92 Å². The van der Waals surface area contributed by atoms with Crippen LogP contribution in [0.3, 0.4) is 0 Å². The molecule has 5 heteroatoms. The van der Waals surface area contributed by atoms with E-state index in [0.29, 0.717) is 0 Å². The number of benzene rings is 1. The molecule has 100 valence electrons. The fourth-order valence-electron chi connectivity index (χ4n) is 2.07. The highest BCUT2D eigenvalue weighted by Crippen LogP contribution is 2.31. The van der Waals surface area contributed by atoms with E-state index in [1.165, 1.54) is 0 Å². The van der Waals surface area contributed by atoms with Crippen LogP contribution in [-0.2, 0) is 7.05 Å². The molecule has 0 unspecified atom stereocenters. The monoisotopic (exact) mass is 259 g/mol. The number of carbonyl (C=O) groups is 1. The molecule has 19 heavy (non-hydrogen) atoms. The van der Waals surface area contributed by atoms with Crippen molar-refractivity contribution in [3.05, 3.63) is 35.5 Å². The van der Waals surface area contributed by atoms with Crippen molar-refractivity contribution in [2.75, 3.05) is 19.0 Å². The zero-order valence-electron chi connectivity index (χ0n) is 11.5. The molecule has 0 amide bonds. The zero-order valence-corrected chi connectivity index (χ0v) is 11.5. The van der Waals surface area contributed by atoms with Gasteiger partial charge >= 0.3 is 5.97 Å². The van der Waals surface area contributed by atoms with Gasteiger partial charge in [0.1, 0.15) is 0 Å². The van der Waals surface area contributed by atoms with Crippen molar-refractivity contribution < 1.29 is 9.90 Å². The molecule has 1 N–H and O–H groups in total. The van der Waals surface area contributed by atoms with Crippen LogP contribution in [0.25, 0.3) is 11.3 Å². The summed E-state index contributed by atoms with van der Waals surface area (Å²) in [7, 11) is 5.68. The molecule has 2 rings (SSSR count). The van der Waals surface area contributed by atoms with Gasteiger partial charge in [0.25, 0.3) is 0 Å². The van der Waals surface area contributed by atoms with Crippen LogP contribution >= 0.6 is 0 Å². The third kappa shape index (κ3) is 2.45. The molecule has 2 aromatic rings. The van der Waals surface area contributed by atoms with Crippen LogP contribution in [0, 0.1) is 6.92 Å². The third-order valence-corrected chi connectivity index (χ3v) is 3.01. The predicted octanol–water partition coefficient (Wildman–Crippen LogP) is 2.16. The van der Waals surface area contributed by atoms with E-state index in [9.17, 15) is 4.79 Å². The van der Waals surface area contributed by atoms with Gasteiger partial charge in [0, 0.05) is 32.4 Å². The van der Waals surface area contributed by atoms with Crippen LogP contribution in [-0.4, -0.2) is 35.0 Å². The Morgan fingerprint density at radius 1 is 1.32 bits per heavy atom. The SMILES string of the molecule is Cc1ccc(N(C)C)c(-c2cc(C(=O)O)nn2C)c1. The minimum absolute atomic E-state index is 0.0590. The van der Waals surface area contributed by atoms with Crippen molar-refractivity contribution in [3.63, 3.8) is 0 Å². The Morgan fingerprint density at radius 3 is 2.53 bits per heavy atom. The van der Waals surface area contributed by atoms with E-state index < -0.39 is 5.97 Å². The first-order valence-electron chi connectivity index (χ1n) is 5.96. The molecule has 0 atom stereocenters. The molecule has 1 aromatic carbocycles. The van der Waals surface area contributed by atoms with Gasteiger partial charge in [-0.15, -0.1) is 0 Å². The molecule has 1 aromatic heterocycles. The maximum Gasteiger partial charge on any atom is 0.356 e. The van der Waals surface area contributed by atoms with Gasteiger partial charge < -0.3 is 10.0 Å². The van der Waals surface area contributed by atoms with Gasteiger partial charge in [-0.1, -0.05) is 11.6 Å². The highest BCUT2D eigenvalue weighted by atomic mass is 16.4. The molecule has 0 aliphatic rings. The summed E-state index contributed by atoms with van der Waals surface area (Å²) in [6, 6.07) is 7.70. The summed E-state index contributed by atoms with van der Waals surface area (Å²) in [5.74, 6) is -1.01. The smallest absolute Gasteiger partial charge is 0.356 e. The van der Waals surface area contributed by atoms with Crippen molar-refractivity contribution in [2.24, 2.45) is 7.05 Å². The van der Waals surface area contributed by atoms with E-state index in [1.807, 2.05) is 44.1 Å². The molecule has 0 fully saturated rings. The molecule has 0 saturated carbocycles. The summed E-state index contributed by atoms with van der Waals surface area (Å²) in [5.41, 5.74) is 3.99. The lowest BCUT2D eigenvalue weighted by Gasteiger charge is -2.18. The summed E-state index contributed by atoms with van der Waals surface area (Å²) >= 11 is 0. The number of aromatic nitrogens is 2. The van der Waals surface area contributed by atoms with E-state index >= 15 is 0 Å². The number of hydrogen-bond donors (Lipinski definition) is 1. The molecule has 0 saturated heterocycles. The first kappa shape index (κ1) is 13.1. The quantitative estimate of drug-likeness (QED) is 0.917. The Balaban J connectivity index is 2.64. The van der Waals surface area contributed by atoms with Crippen molar-refractivity contribution in [1.82, 2.24) is 9.78 Å². The summed E-state index contributed by atoms with van der Waals surface area (Å²) in [6.45, 7) is 2.01. The van der Waals surface area contributed by atoms with Gasteiger partial charge in [-0.3, -0.25) is 4.68 Å². The van der Waals surface area contributed by atoms with Crippen LogP contribution in [0.5, 0.6) is 0 Å². The lowest BCUT2D eigenvalue weighted by atomic mass is 10.1. The summed E-state index contributed by atoms with van der Waals surface area (Å²) in [4.78, 5) is 13.0. The Bertz CT molecular complexity index is 630. The van der Waals surface area contributed by atoms with Crippen molar-refractivity contribution in [1.29, 1.82) is 0 Å². The zero-order chi connectivity index (χ0) is 14.2. The number of rotatable bonds is 3. The molecule has 5 nitrogen and oxygen atoms in total. The standard InChI is InChI=1S/C14H17N3O2/c1-9-5-6-12(16(2)3)10(7-9)13-8-11(14(18)19)15-17(13)4/h5-8H,1-4H3,(H,18,19). The van der Waals surface area contributed by atoms with Crippen LogP contribution in [0.1, 0.15) is 16.1 Å². The Hall–Kier alpha value is -2.30. The van der Waals surface area contributed by atoms with Crippen LogP contribution in [0.4, 0.5) is 5.69 Å². The number of nitrogens with zero attached hydrogens (tertiary/aromatic N) is 3. The van der Waals surface area contributed by atoms with Gasteiger partial charge in [-0.2, -0.15) is 5.10 Å². The lowest BCUT2D eigenvalue weighted by Crippen LogP contribution is -2.10. The highest BCUT2D eigenvalue weighted by Gasteiger charge is 2.16. The predicted molar refractivity (Wildman–Crippen MR) is 74.7 cm³/mol. The molecule has 0 spiro atoms. The average Bonchev–Trinajstić information content (AvgIpc) is 2.71. The van der Waals surface area contributed by atoms with E-state index in [4.69, 9.17) is 5.11 Å². The van der Waals surface area contributed by atoms with Crippen LogP contribution < -0.4 is 4.90 Å². The molecule has 0 aliphatic heterocycles. The minimum atomic E-state index is -1.01. The largest absolute Gasteiger partial charge is 0.476 e. The van der Waals surface area contributed by atoms with Crippen LogP contribution in [0.15, 0.2) is 24.3 Å². The van der Waals surface area contributed by atoms with Gasteiger partial charge in [-0.25, -0.2) is 4.79 Å². The molecule has 1 heterocycles. The van der Waals surface area contributed by atoms with Crippen LogP contribution in [0.2, 0.25) is 0 Å². The number of hydrogen-bond acceptors (Lipinski definition) is 3. The number of aryl methyl sites for hydroxylation is 2. The van der Waals surface area contributed by atoms with Gasteiger partial charge in [-0.05, 0) is 25.1 Å². The second-order valence-electron chi connectivity index (χ2n) is 4.76. The number of aromatic carboxylic acids is 1. The van der Waals surface area contributed by atoms with E-state index in [1.54, 1.807) is 17.8 Å². The summed E-state index contributed by atoms with van der Waals surface area (Å²) in [5, 5.41) is 13.0. The first-order valence-corrected chi connectivity index (χ1v) is 5.96. The fraction of sp³-hybridized carbons (Fsp3) is 0.286. The summed E-state index contributed by atoms with van der Waals surface area (Å²) < 4.78 is 1.60. The Kier molecular flexibility index (Phi) is 3.29. The number of carboxylic acid groups (broad SMARTS) is 1. The Labute approximate surface area is 112 Å². The Morgan fingerprint density at radius 2 is 2.00 bits per heavy atom. The third-order valence-electron chi connectivity index (χ3n) is 3.01. The molecular weight excluding hydrogens is 242 g/mol. The van der Waals surface area contributed by atoms with Crippen molar-refractivity contribution in [3.8, 4) is 11.3 Å². The molecular formula is C14H17N3O2. The van der Waals surface area contributed by atoms with E-state index in [2.05, 4.69) is 5.10 Å². The first-order chi connectivity index (χ1) is 8.90. The maximum atomic E-state index is 11.0. The normalized spacial score (nSPS) is 10.5. The van der Waals surface area contributed by atoms with Gasteiger partial charge in [0.15, 0.2) is 5.69 Å². The second-order valence-corrected chi connectivity index (χ2v) is 4.76. The van der Waals surface area contributed by atoms with E-state index in [-0.39, 0.29) is 5.69 Å². The average molecular weight is 259 g/mol. The van der Waals surface area contributed by atoms with Crippen molar-refractivity contribution >= 4 is 11.7 Å². The van der Waals surface area contributed by atoms with E-state index in [0.717, 1.165) is 22.5 Å². The second kappa shape index (κ2) is 4.76. The lowest BCUT2D eigenvalue weighted by molar-refractivity contribution is 0.0689. The topological polar surface area (TPSA) is 58.4 Å². The summed E-state index contributed by atoms with van der Waals surface area (Å²) in [6.07, 6.45) is 0. The maximum absolute atomic E-state index is 11.0. The number of carboxylic acids is 1.